The highest BCUT2D eigenvalue weighted by molar-refractivity contribution is 5.96. The van der Waals surface area contributed by atoms with Crippen LogP contribution in [0, 0.1) is 0 Å². The van der Waals surface area contributed by atoms with Crippen molar-refractivity contribution in [1.82, 2.24) is 15.6 Å². The molecule has 112 valence electrons. The molecule has 0 bridgehead atoms. The van der Waals surface area contributed by atoms with E-state index in [1.54, 1.807) is 7.05 Å². The Bertz CT molecular complexity index is 452. The van der Waals surface area contributed by atoms with Crippen molar-refractivity contribution in [2.24, 2.45) is 0 Å². The van der Waals surface area contributed by atoms with E-state index < -0.39 is 18.7 Å². The third-order valence-electron chi connectivity index (χ3n) is 2.45. The van der Waals surface area contributed by atoms with Crippen LogP contribution in [0.1, 0.15) is 17.3 Å². The predicted molar refractivity (Wildman–Crippen MR) is 66.6 cm³/mol. The number of nitrogens with one attached hydrogen (secondary N) is 2. The van der Waals surface area contributed by atoms with Gasteiger partial charge in [0.15, 0.2) is 6.61 Å². The summed E-state index contributed by atoms with van der Waals surface area (Å²) < 4.78 is 40.9. The first kappa shape index (κ1) is 16.2. The molecule has 0 aliphatic carbocycles. The third kappa shape index (κ3) is 5.43. The molecule has 1 heterocycles. The molecule has 1 amide bonds. The number of nitrogens with zero attached hydrogens (tertiary/aromatic N) is 1. The maximum atomic E-state index is 12.1. The van der Waals surface area contributed by atoms with Crippen LogP contribution in [0.15, 0.2) is 18.3 Å². The van der Waals surface area contributed by atoms with E-state index in [1.165, 1.54) is 18.3 Å². The molecule has 0 saturated carbocycles. The van der Waals surface area contributed by atoms with Crippen LogP contribution in [0.5, 0.6) is 5.88 Å². The number of ether oxygens (including phenoxy) is 1. The lowest BCUT2D eigenvalue weighted by Crippen LogP contribution is -2.37. The van der Waals surface area contributed by atoms with Crippen LogP contribution in [0.2, 0.25) is 0 Å². The van der Waals surface area contributed by atoms with E-state index in [4.69, 9.17) is 0 Å². The van der Waals surface area contributed by atoms with Crippen LogP contribution in [-0.4, -0.2) is 43.3 Å². The Hall–Kier alpha value is -1.83. The number of halogens is 3. The van der Waals surface area contributed by atoms with Crippen molar-refractivity contribution in [3.63, 3.8) is 0 Å². The summed E-state index contributed by atoms with van der Waals surface area (Å²) in [6.07, 6.45) is -3.22. The second-order valence-electron chi connectivity index (χ2n) is 4.16. The second-order valence-corrected chi connectivity index (χ2v) is 4.16. The average molecular weight is 291 g/mol. The maximum absolute atomic E-state index is 12.1. The van der Waals surface area contributed by atoms with Gasteiger partial charge in [-0.15, -0.1) is 0 Å². The number of alkyl halides is 3. The van der Waals surface area contributed by atoms with Crippen molar-refractivity contribution in [1.29, 1.82) is 0 Å². The number of aromatic nitrogens is 1. The number of rotatable bonds is 6. The molecule has 0 fully saturated rings. The minimum atomic E-state index is -4.48. The highest BCUT2D eigenvalue weighted by atomic mass is 19.4. The van der Waals surface area contributed by atoms with Crippen LogP contribution < -0.4 is 15.4 Å². The fourth-order valence-corrected chi connectivity index (χ4v) is 1.27. The van der Waals surface area contributed by atoms with Crippen LogP contribution in [0.3, 0.4) is 0 Å². The van der Waals surface area contributed by atoms with Gasteiger partial charge in [-0.1, -0.05) is 0 Å². The van der Waals surface area contributed by atoms with E-state index in [9.17, 15) is 18.0 Å². The van der Waals surface area contributed by atoms with Gasteiger partial charge >= 0.3 is 6.18 Å². The number of carbonyl (C=O) groups is 1. The van der Waals surface area contributed by atoms with Crippen LogP contribution >= 0.6 is 0 Å². The van der Waals surface area contributed by atoms with Crippen molar-refractivity contribution < 1.29 is 22.7 Å². The predicted octanol–water partition coefficient (Wildman–Crippen LogP) is 1.36. The van der Waals surface area contributed by atoms with Gasteiger partial charge in [0.25, 0.3) is 5.91 Å². The van der Waals surface area contributed by atoms with Crippen LogP contribution in [0.25, 0.3) is 0 Å². The summed E-state index contributed by atoms with van der Waals surface area (Å²) in [6, 6.07) is 2.85. The standard InChI is InChI=1S/C12H16F3N3O2/c1-8(16-2)6-18-10(19)9-4-3-5-17-11(9)20-7-12(13,14)15/h3-5,8,16H,6-7H2,1-2H3,(H,18,19). The molecule has 0 aliphatic heterocycles. The summed E-state index contributed by atoms with van der Waals surface area (Å²) in [5, 5.41) is 5.51. The fraction of sp³-hybridized carbons (Fsp3) is 0.500. The van der Waals surface area contributed by atoms with E-state index in [0.717, 1.165) is 0 Å². The van der Waals surface area contributed by atoms with E-state index in [1.807, 2.05) is 6.92 Å². The Morgan fingerprint density at radius 3 is 2.80 bits per heavy atom. The van der Waals surface area contributed by atoms with E-state index in [2.05, 4.69) is 20.4 Å². The Morgan fingerprint density at radius 2 is 2.20 bits per heavy atom. The van der Waals surface area contributed by atoms with Gasteiger partial charge in [0.2, 0.25) is 5.88 Å². The molecule has 0 saturated heterocycles. The maximum Gasteiger partial charge on any atom is 0.422 e. The van der Waals surface area contributed by atoms with Gasteiger partial charge in [-0.3, -0.25) is 4.79 Å². The van der Waals surface area contributed by atoms with Gasteiger partial charge in [0, 0.05) is 18.8 Å². The van der Waals surface area contributed by atoms with Crippen LogP contribution in [0.4, 0.5) is 13.2 Å². The molecular formula is C12H16F3N3O2. The molecule has 1 atom stereocenters. The normalized spacial score (nSPS) is 12.8. The van der Waals surface area contributed by atoms with Gasteiger partial charge in [0.1, 0.15) is 5.56 Å². The SMILES string of the molecule is CNC(C)CNC(=O)c1cccnc1OCC(F)(F)F. The Balaban J connectivity index is 2.71. The molecular weight excluding hydrogens is 275 g/mol. The minimum Gasteiger partial charge on any atom is -0.467 e. The molecule has 1 rings (SSSR count). The minimum absolute atomic E-state index is 0.0277. The summed E-state index contributed by atoms with van der Waals surface area (Å²) in [4.78, 5) is 15.5. The molecule has 5 nitrogen and oxygen atoms in total. The lowest BCUT2D eigenvalue weighted by Gasteiger charge is -2.14. The van der Waals surface area contributed by atoms with Gasteiger partial charge in [-0.2, -0.15) is 13.2 Å². The number of carbonyl (C=O) groups excluding carboxylic acids is 1. The summed E-state index contributed by atoms with van der Waals surface area (Å²) in [7, 11) is 1.73. The van der Waals surface area contributed by atoms with E-state index in [0.29, 0.717) is 6.54 Å². The van der Waals surface area contributed by atoms with Gasteiger partial charge < -0.3 is 15.4 Å². The first-order valence-electron chi connectivity index (χ1n) is 5.93. The Labute approximate surface area is 114 Å². The van der Waals surface area contributed by atoms with Crippen molar-refractivity contribution in [2.45, 2.75) is 19.1 Å². The molecule has 8 heteroatoms. The number of amides is 1. The molecule has 0 spiro atoms. The molecule has 0 radical (unpaired) electrons. The summed E-state index contributed by atoms with van der Waals surface area (Å²) in [5.74, 6) is -0.864. The van der Waals surface area contributed by atoms with Crippen molar-refractivity contribution in [3.8, 4) is 5.88 Å². The number of hydrogen-bond acceptors (Lipinski definition) is 4. The molecule has 1 unspecified atom stereocenters. The van der Waals surface area contributed by atoms with Gasteiger partial charge in [-0.05, 0) is 26.1 Å². The number of pyridine rings is 1. The van der Waals surface area contributed by atoms with Crippen molar-refractivity contribution in [3.05, 3.63) is 23.9 Å². The summed E-state index contributed by atoms with van der Waals surface area (Å²) in [5.41, 5.74) is -0.0277. The first-order chi connectivity index (χ1) is 9.33. The highest BCUT2D eigenvalue weighted by Crippen LogP contribution is 2.19. The largest absolute Gasteiger partial charge is 0.467 e. The smallest absolute Gasteiger partial charge is 0.422 e. The summed E-state index contributed by atoms with van der Waals surface area (Å²) >= 11 is 0. The van der Waals surface area contributed by atoms with Crippen LogP contribution in [-0.2, 0) is 0 Å². The van der Waals surface area contributed by atoms with E-state index >= 15 is 0 Å². The topological polar surface area (TPSA) is 63.2 Å². The molecule has 20 heavy (non-hydrogen) atoms. The zero-order valence-electron chi connectivity index (χ0n) is 11.1. The van der Waals surface area contributed by atoms with E-state index in [-0.39, 0.29) is 17.5 Å². The Morgan fingerprint density at radius 1 is 1.50 bits per heavy atom. The Kier molecular flexibility index (Phi) is 5.75. The lowest BCUT2D eigenvalue weighted by atomic mass is 10.2. The second kappa shape index (κ2) is 7.09. The third-order valence-corrected chi connectivity index (χ3v) is 2.45. The first-order valence-corrected chi connectivity index (χ1v) is 5.93. The molecule has 0 aromatic carbocycles. The number of likely N-dealkylation sites (N-methyl/N-ethyl adjacent to an activating group) is 1. The fourth-order valence-electron chi connectivity index (χ4n) is 1.27. The summed E-state index contributed by atoms with van der Waals surface area (Å²) in [6.45, 7) is 0.699. The molecule has 2 N–H and O–H groups in total. The number of hydrogen-bond donors (Lipinski definition) is 2. The molecule has 0 aliphatic rings. The zero-order chi connectivity index (χ0) is 15.2. The average Bonchev–Trinajstić information content (AvgIpc) is 2.41. The van der Waals surface area contributed by atoms with Gasteiger partial charge in [0.05, 0.1) is 0 Å². The molecule has 1 aromatic rings. The zero-order valence-corrected chi connectivity index (χ0v) is 11.1. The van der Waals surface area contributed by atoms with Crippen molar-refractivity contribution >= 4 is 5.91 Å². The highest BCUT2D eigenvalue weighted by Gasteiger charge is 2.29. The lowest BCUT2D eigenvalue weighted by molar-refractivity contribution is -0.154. The quantitative estimate of drug-likeness (QED) is 0.830. The van der Waals surface area contributed by atoms with Crippen molar-refractivity contribution in [2.75, 3.05) is 20.2 Å². The molecule has 1 aromatic heterocycles. The van der Waals surface area contributed by atoms with Gasteiger partial charge in [-0.25, -0.2) is 4.98 Å². The monoisotopic (exact) mass is 291 g/mol.